The first kappa shape index (κ1) is 13.4. The second kappa shape index (κ2) is 4.26. The summed E-state index contributed by atoms with van der Waals surface area (Å²) in [6.07, 6.45) is 0. The van der Waals surface area contributed by atoms with Gasteiger partial charge in [-0.3, -0.25) is 4.79 Å². The molecule has 1 aromatic rings. The molecule has 0 heterocycles. The molecule has 0 aliphatic heterocycles. The van der Waals surface area contributed by atoms with E-state index in [0.717, 1.165) is 16.7 Å². The second-order valence-corrected chi connectivity index (χ2v) is 5.36. The summed E-state index contributed by atoms with van der Waals surface area (Å²) >= 11 is 0. The van der Waals surface area contributed by atoms with E-state index in [9.17, 15) is 4.79 Å². The fourth-order valence-corrected chi connectivity index (χ4v) is 2.69. The topological polar surface area (TPSA) is 69.1 Å². The van der Waals surface area contributed by atoms with E-state index in [0.29, 0.717) is 17.0 Å². The summed E-state index contributed by atoms with van der Waals surface area (Å²) in [7, 11) is 0. The number of carbonyl (C=O) groups excluding carboxylic acids is 1. The smallest absolute Gasteiger partial charge is 0.174 e. The lowest BCUT2D eigenvalue weighted by atomic mass is 9.66. The van der Waals surface area contributed by atoms with Crippen LogP contribution in [0.15, 0.2) is 46.7 Å². The molecular formula is C16H20N2O. The lowest BCUT2D eigenvalue weighted by Gasteiger charge is -2.36. The van der Waals surface area contributed by atoms with E-state index in [1.165, 1.54) is 0 Å². The molecule has 100 valence electrons. The molecule has 1 aliphatic rings. The average molecular weight is 256 g/mol. The van der Waals surface area contributed by atoms with Crippen molar-refractivity contribution in [3.05, 3.63) is 52.2 Å². The monoisotopic (exact) mass is 256 g/mol. The number of nitrogens with two attached hydrogens (primary N) is 2. The van der Waals surface area contributed by atoms with E-state index in [4.69, 9.17) is 11.5 Å². The Morgan fingerprint density at radius 2 is 1.47 bits per heavy atom. The molecule has 0 aromatic heterocycles. The van der Waals surface area contributed by atoms with Gasteiger partial charge in [-0.15, -0.1) is 0 Å². The van der Waals surface area contributed by atoms with Crippen LogP contribution in [0.3, 0.4) is 0 Å². The molecule has 4 N–H and O–H groups in total. The van der Waals surface area contributed by atoms with Gasteiger partial charge in [0, 0.05) is 17.0 Å². The molecule has 0 amide bonds. The van der Waals surface area contributed by atoms with Crippen LogP contribution in [0, 0.1) is 0 Å². The zero-order valence-electron chi connectivity index (χ0n) is 11.9. The van der Waals surface area contributed by atoms with Crippen molar-refractivity contribution in [2.75, 3.05) is 5.73 Å². The number of Topliss-reactive ketones (excluding diaryl/α,β-unsaturated/α-hetero) is 1. The van der Waals surface area contributed by atoms with Gasteiger partial charge in [0.15, 0.2) is 5.78 Å². The van der Waals surface area contributed by atoms with Gasteiger partial charge < -0.3 is 11.5 Å². The van der Waals surface area contributed by atoms with Crippen LogP contribution >= 0.6 is 0 Å². The number of carbonyl (C=O) groups is 1. The molecule has 0 fully saturated rings. The van der Waals surface area contributed by atoms with Crippen molar-refractivity contribution < 1.29 is 4.79 Å². The van der Waals surface area contributed by atoms with Crippen molar-refractivity contribution in [1.82, 2.24) is 0 Å². The van der Waals surface area contributed by atoms with Crippen LogP contribution in [-0.4, -0.2) is 5.78 Å². The van der Waals surface area contributed by atoms with Crippen LogP contribution in [0.1, 0.15) is 33.3 Å². The minimum Gasteiger partial charge on any atom is -0.399 e. The predicted molar refractivity (Wildman–Crippen MR) is 78.5 cm³/mol. The largest absolute Gasteiger partial charge is 0.399 e. The van der Waals surface area contributed by atoms with Crippen LogP contribution in [0.4, 0.5) is 5.69 Å². The molecule has 19 heavy (non-hydrogen) atoms. The Labute approximate surface area is 114 Å². The molecule has 3 nitrogen and oxygen atoms in total. The first-order valence-corrected chi connectivity index (χ1v) is 6.35. The first-order valence-electron chi connectivity index (χ1n) is 6.35. The molecule has 0 bridgehead atoms. The number of ketones is 1. The summed E-state index contributed by atoms with van der Waals surface area (Å²) in [5.41, 5.74) is 16.0. The highest BCUT2D eigenvalue weighted by Gasteiger charge is 2.42. The van der Waals surface area contributed by atoms with Crippen molar-refractivity contribution >= 4 is 11.5 Å². The van der Waals surface area contributed by atoms with E-state index >= 15 is 0 Å². The number of rotatable bonds is 1. The van der Waals surface area contributed by atoms with Crippen molar-refractivity contribution in [2.45, 2.75) is 33.1 Å². The van der Waals surface area contributed by atoms with E-state index in [-0.39, 0.29) is 5.78 Å². The zero-order chi connectivity index (χ0) is 14.4. The summed E-state index contributed by atoms with van der Waals surface area (Å²) in [4.78, 5) is 12.7. The van der Waals surface area contributed by atoms with Gasteiger partial charge in [0.2, 0.25) is 0 Å². The molecule has 1 aromatic carbocycles. The Morgan fingerprint density at radius 3 is 2.00 bits per heavy atom. The highest BCUT2D eigenvalue weighted by atomic mass is 16.1. The van der Waals surface area contributed by atoms with E-state index in [2.05, 4.69) is 0 Å². The molecule has 0 saturated heterocycles. The third-order valence-electron chi connectivity index (χ3n) is 4.40. The van der Waals surface area contributed by atoms with Crippen LogP contribution in [0.2, 0.25) is 0 Å². The lowest BCUT2D eigenvalue weighted by molar-refractivity contribution is -0.119. The Bertz CT molecular complexity index is 608. The van der Waals surface area contributed by atoms with Gasteiger partial charge in [-0.2, -0.15) is 0 Å². The van der Waals surface area contributed by atoms with Gasteiger partial charge in [-0.05, 0) is 51.0 Å². The SMILES string of the molecule is CC1=C(N)C(C)=C(C)C(C)(c2ccc(N)cc2)C1=O. The number of allylic oxidation sites excluding steroid dienone is 3. The minimum atomic E-state index is -0.648. The first-order chi connectivity index (χ1) is 8.80. The van der Waals surface area contributed by atoms with Crippen LogP contribution < -0.4 is 11.5 Å². The highest BCUT2D eigenvalue weighted by molar-refractivity contribution is 6.07. The van der Waals surface area contributed by atoms with Gasteiger partial charge in [0.25, 0.3) is 0 Å². The van der Waals surface area contributed by atoms with Gasteiger partial charge in [-0.1, -0.05) is 17.7 Å². The number of benzene rings is 1. The Balaban J connectivity index is 2.67. The second-order valence-electron chi connectivity index (χ2n) is 5.36. The van der Waals surface area contributed by atoms with Crippen molar-refractivity contribution in [1.29, 1.82) is 0 Å². The lowest BCUT2D eigenvalue weighted by Crippen LogP contribution is -2.39. The Hall–Kier alpha value is -2.03. The molecule has 1 atom stereocenters. The number of hydrogen-bond donors (Lipinski definition) is 2. The maximum atomic E-state index is 12.7. The van der Waals surface area contributed by atoms with Crippen LogP contribution in [-0.2, 0) is 10.2 Å². The fraction of sp³-hybridized carbons (Fsp3) is 0.312. The third-order valence-corrected chi connectivity index (χ3v) is 4.40. The maximum Gasteiger partial charge on any atom is 0.174 e. The molecular weight excluding hydrogens is 236 g/mol. The molecule has 0 spiro atoms. The Morgan fingerprint density at radius 1 is 0.947 bits per heavy atom. The fourth-order valence-electron chi connectivity index (χ4n) is 2.69. The predicted octanol–water partition coefficient (Wildman–Crippen LogP) is 2.68. The molecule has 1 unspecified atom stereocenters. The standard InChI is InChI=1S/C16H20N2O/c1-9-11(3)16(4,15(19)10(2)14(9)18)12-5-7-13(17)8-6-12/h5-8H,17-18H2,1-4H3. The van der Waals surface area contributed by atoms with Crippen LogP contribution in [0.25, 0.3) is 0 Å². The van der Waals surface area contributed by atoms with E-state index in [1.807, 2.05) is 45.0 Å². The van der Waals surface area contributed by atoms with Gasteiger partial charge in [-0.25, -0.2) is 0 Å². The van der Waals surface area contributed by atoms with Crippen molar-refractivity contribution in [3.63, 3.8) is 0 Å². The molecule has 1 aliphatic carbocycles. The quantitative estimate of drug-likeness (QED) is 0.759. The Kier molecular flexibility index (Phi) is 3.01. The molecule has 2 rings (SSSR count). The summed E-state index contributed by atoms with van der Waals surface area (Å²) in [5, 5.41) is 0. The number of anilines is 1. The zero-order valence-corrected chi connectivity index (χ0v) is 11.9. The van der Waals surface area contributed by atoms with E-state index < -0.39 is 5.41 Å². The molecule has 3 heteroatoms. The van der Waals surface area contributed by atoms with Crippen LogP contribution in [0.5, 0.6) is 0 Å². The van der Waals surface area contributed by atoms with Gasteiger partial charge in [0.05, 0.1) is 5.41 Å². The minimum absolute atomic E-state index is 0.0675. The summed E-state index contributed by atoms with van der Waals surface area (Å²) in [5.74, 6) is 0.0675. The third kappa shape index (κ3) is 1.77. The summed E-state index contributed by atoms with van der Waals surface area (Å²) < 4.78 is 0. The maximum absolute atomic E-state index is 12.7. The average Bonchev–Trinajstić information content (AvgIpc) is 2.41. The summed E-state index contributed by atoms with van der Waals surface area (Å²) in [6.45, 7) is 7.69. The van der Waals surface area contributed by atoms with Gasteiger partial charge >= 0.3 is 0 Å². The highest BCUT2D eigenvalue weighted by Crippen LogP contribution is 2.41. The number of nitrogen functional groups attached to an aromatic ring is 1. The summed E-state index contributed by atoms with van der Waals surface area (Å²) in [6, 6.07) is 7.48. The normalized spacial score (nSPS) is 24.1. The molecule has 0 radical (unpaired) electrons. The van der Waals surface area contributed by atoms with Crippen molar-refractivity contribution in [3.8, 4) is 0 Å². The van der Waals surface area contributed by atoms with E-state index in [1.54, 1.807) is 6.92 Å². The van der Waals surface area contributed by atoms with Crippen molar-refractivity contribution in [2.24, 2.45) is 5.73 Å². The van der Waals surface area contributed by atoms with Gasteiger partial charge in [0.1, 0.15) is 0 Å². The number of hydrogen-bond acceptors (Lipinski definition) is 3. The molecule has 0 saturated carbocycles.